The number of benzene rings is 6. The summed E-state index contributed by atoms with van der Waals surface area (Å²) in [5, 5.41) is 3.45. The van der Waals surface area contributed by atoms with Gasteiger partial charge in [0.1, 0.15) is 0 Å². The van der Waals surface area contributed by atoms with E-state index in [1.54, 1.807) is 11.3 Å². The van der Waals surface area contributed by atoms with E-state index in [0.29, 0.717) is 17.5 Å². The van der Waals surface area contributed by atoms with Crippen molar-refractivity contribution >= 4 is 33.2 Å². The molecule has 1 aliphatic carbocycles. The molecule has 2 aliphatic rings. The lowest BCUT2D eigenvalue weighted by molar-refractivity contribution is 0.723. The van der Waals surface area contributed by atoms with Crippen molar-refractivity contribution in [2.24, 2.45) is 0 Å². The second kappa shape index (κ2) is 10.3. The van der Waals surface area contributed by atoms with Crippen LogP contribution in [0.25, 0.3) is 55.4 Å². The predicted octanol–water partition coefficient (Wildman–Crippen LogP) is 10.9. The monoisotopic (exact) mass is 635 g/mol. The number of thiophene rings is 1. The number of hydrogen-bond acceptors (Lipinski definition) is 5. The first-order valence-electron chi connectivity index (χ1n) is 15.7. The minimum atomic E-state index is -0.479. The SMILES string of the molecule is c1ccc(-c2nc(-c3ccccc3)nc(-c3cc4c(c5ccsc35)-c3ccccc3C43c4ccccc4Sc4ccccc43)n2)cc1. The number of nitrogens with zero attached hydrogens (tertiary/aromatic N) is 3. The molecule has 0 saturated heterocycles. The van der Waals surface area contributed by atoms with Gasteiger partial charge in [0.05, 0.1) is 5.41 Å². The van der Waals surface area contributed by atoms with Crippen molar-refractivity contribution in [2.45, 2.75) is 15.2 Å². The highest BCUT2D eigenvalue weighted by Crippen LogP contribution is 2.64. The molecule has 0 fully saturated rings. The van der Waals surface area contributed by atoms with Crippen LogP contribution in [0, 0.1) is 0 Å². The second-order valence-corrected chi connectivity index (χ2v) is 13.9. The highest BCUT2D eigenvalue weighted by Gasteiger charge is 2.51. The first-order chi connectivity index (χ1) is 23.3. The standard InChI is InChI=1S/C42H25N3S2/c1-3-13-26(14-4-1)39-43-40(27-15-5-2-6-16-27)45-41(44-39)30-25-34-37(29-23-24-46-38(29)30)28-17-7-8-18-31(28)42(34)32-19-9-11-21-35(32)47-36-22-12-10-20-33(36)42/h1-25H. The van der Waals surface area contributed by atoms with Crippen LogP contribution in [0.2, 0.25) is 0 Å². The number of hydrogen-bond donors (Lipinski definition) is 0. The Labute approximate surface area is 280 Å². The van der Waals surface area contributed by atoms with Gasteiger partial charge in [0.2, 0.25) is 0 Å². The van der Waals surface area contributed by atoms with Crippen LogP contribution in [0.5, 0.6) is 0 Å². The van der Waals surface area contributed by atoms with Crippen LogP contribution in [0.3, 0.4) is 0 Å². The van der Waals surface area contributed by atoms with Crippen molar-refractivity contribution in [2.75, 3.05) is 0 Å². The van der Waals surface area contributed by atoms with Gasteiger partial charge in [-0.25, -0.2) is 15.0 Å². The van der Waals surface area contributed by atoms with Crippen LogP contribution in [0.4, 0.5) is 0 Å². The van der Waals surface area contributed by atoms with Crippen molar-refractivity contribution in [1.29, 1.82) is 0 Å². The van der Waals surface area contributed by atoms with Crippen molar-refractivity contribution in [3.05, 3.63) is 173 Å². The molecule has 1 spiro atoms. The van der Waals surface area contributed by atoms with Gasteiger partial charge < -0.3 is 0 Å². The van der Waals surface area contributed by atoms with E-state index in [4.69, 9.17) is 15.0 Å². The molecule has 8 aromatic rings. The molecular weight excluding hydrogens is 611 g/mol. The highest BCUT2D eigenvalue weighted by molar-refractivity contribution is 7.99. The predicted molar refractivity (Wildman–Crippen MR) is 193 cm³/mol. The molecule has 0 unspecified atom stereocenters. The van der Waals surface area contributed by atoms with Gasteiger partial charge in [0.25, 0.3) is 0 Å². The third kappa shape index (κ3) is 3.84. The smallest absolute Gasteiger partial charge is 0.165 e. The molecule has 1 aliphatic heterocycles. The topological polar surface area (TPSA) is 38.7 Å². The van der Waals surface area contributed by atoms with E-state index in [9.17, 15) is 0 Å². The number of fused-ring (bicyclic) bond motifs is 11. The first kappa shape index (κ1) is 26.8. The van der Waals surface area contributed by atoms with E-state index in [0.717, 1.165) is 16.7 Å². The Balaban J connectivity index is 1.33. The van der Waals surface area contributed by atoms with Crippen LogP contribution >= 0.6 is 23.1 Å². The van der Waals surface area contributed by atoms with Gasteiger partial charge in [-0.3, -0.25) is 0 Å². The summed E-state index contributed by atoms with van der Waals surface area (Å²) in [6, 6.07) is 52.0. The summed E-state index contributed by atoms with van der Waals surface area (Å²) < 4.78 is 1.19. The zero-order chi connectivity index (χ0) is 31.0. The van der Waals surface area contributed by atoms with Gasteiger partial charge in [-0.1, -0.05) is 133 Å². The molecule has 3 nitrogen and oxygen atoms in total. The average Bonchev–Trinajstić information content (AvgIpc) is 3.74. The molecule has 47 heavy (non-hydrogen) atoms. The molecule has 2 aromatic heterocycles. The van der Waals surface area contributed by atoms with E-state index < -0.39 is 5.41 Å². The summed E-state index contributed by atoms with van der Waals surface area (Å²) in [4.78, 5) is 18.0. The van der Waals surface area contributed by atoms with Crippen molar-refractivity contribution in [3.63, 3.8) is 0 Å². The van der Waals surface area contributed by atoms with Crippen LogP contribution in [0.1, 0.15) is 22.3 Å². The van der Waals surface area contributed by atoms with Crippen LogP contribution in [0.15, 0.2) is 161 Å². The molecule has 0 atom stereocenters. The fourth-order valence-electron chi connectivity index (χ4n) is 7.57. The van der Waals surface area contributed by atoms with E-state index in [1.807, 2.05) is 48.2 Å². The third-order valence-electron chi connectivity index (χ3n) is 9.48. The second-order valence-electron chi connectivity index (χ2n) is 11.9. The molecular formula is C42H25N3S2. The normalized spacial score (nSPS) is 13.6. The zero-order valence-electron chi connectivity index (χ0n) is 25.1. The van der Waals surface area contributed by atoms with Crippen molar-refractivity contribution < 1.29 is 0 Å². The van der Waals surface area contributed by atoms with Gasteiger partial charge in [-0.05, 0) is 63.0 Å². The molecule has 0 N–H and O–H groups in total. The Morgan fingerprint density at radius 3 is 1.62 bits per heavy atom. The Morgan fingerprint density at radius 2 is 0.979 bits per heavy atom. The van der Waals surface area contributed by atoms with Crippen molar-refractivity contribution in [1.82, 2.24) is 15.0 Å². The molecule has 5 heteroatoms. The van der Waals surface area contributed by atoms with E-state index in [1.165, 1.54) is 53.3 Å². The molecule has 0 saturated carbocycles. The van der Waals surface area contributed by atoms with E-state index in [-0.39, 0.29) is 0 Å². The first-order valence-corrected chi connectivity index (χ1v) is 17.4. The molecule has 0 amide bonds. The Hall–Kier alpha value is -5.36. The van der Waals surface area contributed by atoms with Gasteiger partial charge in [-0.2, -0.15) is 0 Å². The Kier molecular flexibility index (Phi) is 5.89. The van der Waals surface area contributed by atoms with Gasteiger partial charge >= 0.3 is 0 Å². The molecule has 3 heterocycles. The van der Waals surface area contributed by atoms with E-state index >= 15 is 0 Å². The maximum atomic E-state index is 5.21. The molecule has 0 bridgehead atoms. The zero-order valence-corrected chi connectivity index (χ0v) is 26.7. The maximum Gasteiger partial charge on any atom is 0.165 e. The summed E-state index contributed by atoms with van der Waals surface area (Å²) in [5.41, 5.74) is 10.3. The molecule has 10 rings (SSSR count). The fourth-order valence-corrected chi connectivity index (χ4v) is 9.68. The van der Waals surface area contributed by atoms with Crippen LogP contribution in [-0.4, -0.2) is 15.0 Å². The quantitative estimate of drug-likeness (QED) is 0.194. The van der Waals surface area contributed by atoms with Crippen molar-refractivity contribution in [3.8, 4) is 45.3 Å². The summed E-state index contributed by atoms with van der Waals surface area (Å²) in [6.07, 6.45) is 0. The third-order valence-corrected chi connectivity index (χ3v) is 11.6. The largest absolute Gasteiger partial charge is 0.208 e. The highest BCUT2D eigenvalue weighted by atomic mass is 32.2. The average molecular weight is 636 g/mol. The fraction of sp³-hybridized carbons (Fsp3) is 0.0238. The minimum absolute atomic E-state index is 0.479. The molecule has 6 aromatic carbocycles. The molecule has 220 valence electrons. The lowest BCUT2D eigenvalue weighted by Gasteiger charge is -2.39. The number of rotatable bonds is 3. The summed E-state index contributed by atoms with van der Waals surface area (Å²) in [7, 11) is 0. The van der Waals surface area contributed by atoms with Gasteiger partial charge in [0.15, 0.2) is 17.5 Å². The molecule has 0 radical (unpaired) electrons. The summed E-state index contributed by atoms with van der Waals surface area (Å²) in [6.45, 7) is 0. The minimum Gasteiger partial charge on any atom is -0.208 e. The summed E-state index contributed by atoms with van der Waals surface area (Å²) >= 11 is 3.62. The Morgan fingerprint density at radius 1 is 0.447 bits per heavy atom. The lowest BCUT2D eigenvalue weighted by atomic mass is 9.67. The van der Waals surface area contributed by atoms with Crippen LogP contribution in [-0.2, 0) is 5.41 Å². The van der Waals surface area contributed by atoms with Gasteiger partial charge in [0, 0.05) is 36.6 Å². The van der Waals surface area contributed by atoms with E-state index in [2.05, 4.69) is 115 Å². The van der Waals surface area contributed by atoms with Gasteiger partial charge in [-0.15, -0.1) is 11.3 Å². The number of aromatic nitrogens is 3. The lowest BCUT2D eigenvalue weighted by Crippen LogP contribution is -2.32. The summed E-state index contributed by atoms with van der Waals surface area (Å²) in [5.74, 6) is 2.02. The Bertz CT molecular complexity index is 2400. The van der Waals surface area contributed by atoms with Crippen LogP contribution < -0.4 is 0 Å². The maximum absolute atomic E-state index is 5.21.